The number of imide groups is 1. The average Bonchev–Trinajstić information content (AvgIpc) is 2.92. The Hall–Kier alpha value is -3.02. The molecule has 6 heteroatoms. The Bertz CT molecular complexity index is 837. The third-order valence-electron chi connectivity index (χ3n) is 4.93. The van der Waals surface area contributed by atoms with Crippen LogP contribution in [0, 0.1) is 0 Å². The first-order chi connectivity index (χ1) is 13.0. The second kappa shape index (κ2) is 7.70. The van der Waals surface area contributed by atoms with Gasteiger partial charge in [-0.25, -0.2) is 4.79 Å². The van der Waals surface area contributed by atoms with Gasteiger partial charge in [0, 0.05) is 6.54 Å². The zero-order valence-corrected chi connectivity index (χ0v) is 15.8. The molecule has 0 unspecified atom stereocenters. The maximum Gasteiger partial charge on any atom is 0.325 e. The Morgan fingerprint density at radius 3 is 2.37 bits per heavy atom. The fourth-order valence-corrected chi connectivity index (χ4v) is 3.33. The topological polar surface area (TPSA) is 67.9 Å². The summed E-state index contributed by atoms with van der Waals surface area (Å²) < 4.78 is 10.6. The summed E-state index contributed by atoms with van der Waals surface area (Å²) in [7, 11) is 3.09. The van der Waals surface area contributed by atoms with Crippen LogP contribution in [0.5, 0.6) is 11.5 Å². The lowest BCUT2D eigenvalue weighted by atomic mass is 9.91. The maximum absolute atomic E-state index is 13.0. The monoisotopic (exact) mass is 368 g/mol. The molecule has 0 saturated carbocycles. The number of carbonyl (C=O) groups excluding carboxylic acids is 2. The highest BCUT2D eigenvalue weighted by atomic mass is 16.5. The largest absolute Gasteiger partial charge is 0.493 e. The molecule has 1 saturated heterocycles. The highest BCUT2D eigenvalue weighted by Crippen LogP contribution is 2.35. The number of carbonyl (C=O) groups is 2. The van der Waals surface area contributed by atoms with E-state index in [1.54, 1.807) is 32.2 Å². The number of methoxy groups -OCH3 is 2. The summed E-state index contributed by atoms with van der Waals surface area (Å²) in [6.45, 7) is 2.09. The number of hydrogen-bond acceptors (Lipinski definition) is 4. The van der Waals surface area contributed by atoms with Crippen molar-refractivity contribution in [3.05, 3.63) is 59.7 Å². The van der Waals surface area contributed by atoms with Crippen molar-refractivity contribution in [3.63, 3.8) is 0 Å². The molecular formula is C21H24N2O4. The first-order valence-electron chi connectivity index (χ1n) is 8.90. The number of benzene rings is 2. The number of aryl methyl sites for hydroxylation is 1. The fraction of sp³-hybridized carbons (Fsp3) is 0.333. The molecule has 0 aromatic heterocycles. The highest BCUT2D eigenvalue weighted by molar-refractivity contribution is 6.07. The van der Waals surface area contributed by atoms with E-state index in [1.807, 2.05) is 30.3 Å². The molecule has 1 aliphatic heterocycles. The van der Waals surface area contributed by atoms with E-state index in [-0.39, 0.29) is 11.9 Å². The lowest BCUT2D eigenvalue weighted by Crippen LogP contribution is -2.41. The van der Waals surface area contributed by atoms with Crippen LogP contribution in [0.3, 0.4) is 0 Å². The number of hydrogen-bond donors (Lipinski definition) is 1. The molecule has 0 spiro atoms. The summed E-state index contributed by atoms with van der Waals surface area (Å²) in [5, 5.41) is 2.82. The average molecular weight is 368 g/mol. The number of ether oxygens (including phenoxy) is 2. The van der Waals surface area contributed by atoms with Gasteiger partial charge in [0.25, 0.3) is 5.91 Å². The van der Waals surface area contributed by atoms with Gasteiger partial charge in [0.05, 0.1) is 14.2 Å². The normalized spacial score (nSPS) is 19.1. The Morgan fingerprint density at radius 2 is 1.70 bits per heavy atom. The number of urea groups is 1. The van der Waals surface area contributed by atoms with Crippen LogP contribution in [0.15, 0.2) is 48.5 Å². The van der Waals surface area contributed by atoms with E-state index >= 15 is 0 Å². The van der Waals surface area contributed by atoms with Crippen molar-refractivity contribution in [2.45, 2.75) is 25.3 Å². The van der Waals surface area contributed by atoms with E-state index in [9.17, 15) is 9.59 Å². The minimum absolute atomic E-state index is 0.257. The quantitative estimate of drug-likeness (QED) is 0.763. The Labute approximate surface area is 159 Å². The van der Waals surface area contributed by atoms with Gasteiger partial charge < -0.3 is 14.8 Å². The predicted octanol–water partition coefficient (Wildman–Crippen LogP) is 3.10. The van der Waals surface area contributed by atoms with E-state index < -0.39 is 5.54 Å². The van der Waals surface area contributed by atoms with Gasteiger partial charge in [-0.1, -0.05) is 36.4 Å². The van der Waals surface area contributed by atoms with Crippen LogP contribution in [0.25, 0.3) is 0 Å². The van der Waals surface area contributed by atoms with E-state index in [1.165, 1.54) is 17.6 Å². The Morgan fingerprint density at radius 1 is 1.00 bits per heavy atom. The molecule has 0 bridgehead atoms. The molecule has 2 aromatic carbocycles. The molecule has 6 nitrogen and oxygen atoms in total. The van der Waals surface area contributed by atoms with Crippen molar-refractivity contribution >= 4 is 11.9 Å². The second-order valence-corrected chi connectivity index (χ2v) is 6.67. The second-order valence-electron chi connectivity index (χ2n) is 6.67. The van der Waals surface area contributed by atoms with Gasteiger partial charge in [-0.3, -0.25) is 9.69 Å². The molecule has 0 aliphatic carbocycles. The van der Waals surface area contributed by atoms with Gasteiger partial charge in [0.1, 0.15) is 5.54 Å². The first kappa shape index (κ1) is 18.8. The zero-order valence-electron chi connectivity index (χ0n) is 15.8. The lowest BCUT2D eigenvalue weighted by Gasteiger charge is -2.23. The summed E-state index contributed by atoms with van der Waals surface area (Å²) in [6, 6.07) is 14.9. The molecule has 3 rings (SSSR count). The van der Waals surface area contributed by atoms with Gasteiger partial charge >= 0.3 is 6.03 Å². The number of nitrogens with zero attached hydrogens (tertiary/aromatic N) is 1. The van der Waals surface area contributed by atoms with E-state index in [2.05, 4.69) is 5.32 Å². The van der Waals surface area contributed by atoms with Crippen LogP contribution in [0.1, 0.15) is 24.5 Å². The Balaban J connectivity index is 1.74. The van der Waals surface area contributed by atoms with Crippen LogP contribution in [-0.4, -0.2) is 37.6 Å². The van der Waals surface area contributed by atoms with Gasteiger partial charge in [0.2, 0.25) is 0 Å². The van der Waals surface area contributed by atoms with E-state index in [4.69, 9.17) is 9.47 Å². The van der Waals surface area contributed by atoms with Crippen LogP contribution in [0.2, 0.25) is 0 Å². The minimum atomic E-state index is -1.12. The van der Waals surface area contributed by atoms with E-state index in [0.717, 1.165) is 6.42 Å². The summed E-state index contributed by atoms with van der Waals surface area (Å²) in [4.78, 5) is 26.7. The third kappa shape index (κ3) is 3.60. The Kier molecular flexibility index (Phi) is 5.35. The van der Waals surface area contributed by atoms with Crippen molar-refractivity contribution in [2.75, 3.05) is 20.8 Å². The van der Waals surface area contributed by atoms with E-state index in [0.29, 0.717) is 30.0 Å². The molecule has 1 atom stereocenters. The molecular weight excluding hydrogens is 344 g/mol. The number of nitrogens with one attached hydrogen (secondary N) is 1. The lowest BCUT2D eigenvalue weighted by molar-refractivity contribution is -0.131. The third-order valence-corrected chi connectivity index (χ3v) is 4.93. The molecule has 1 fully saturated rings. The van der Waals surface area contributed by atoms with Crippen molar-refractivity contribution < 1.29 is 19.1 Å². The molecule has 0 radical (unpaired) electrons. The van der Waals surface area contributed by atoms with Crippen LogP contribution < -0.4 is 14.8 Å². The summed E-state index contributed by atoms with van der Waals surface area (Å²) in [5.41, 5.74) is 0.722. The van der Waals surface area contributed by atoms with Gasteiger partial charge in [-0.15, -0.1) is 0 Å². The van der Waals surface area contributed by atoms with Crippen molar-refractivity contribution in [2.24, 2.45) is 0 Å². The molecule has 2 aromatic rings. The molecule has 27 heavy (non-hydrogen) atoms. The molecule has 1 aliphatic rings. The molecule has 3 amide bonds. The van der Waals surface area contributed by atoms with Crippen molar-refractivity contribution in [1.29, 1.82) is 0 Å². The summed E-state index contributed by atoms with van der Waals surface area (Å²) >= 11 is 0. The standard InChI is InChI=1S/C21H24N2O4/c1-21(16-11-12-17(26-2)18(14-16)27-3)19(24)23(20(25)22-21)13-7-10-15-8-5-4-6-9-15/h4-6,8-9,11-12,14H,7,10,13H2,1-3H3,(H,22,25)/t21-/m0/s1. The molecule has 1 heterocycles. The highest BCUT2D eigenvalue weighted by Gasteiger charge is 2.48. The van der Waals surface area contributed by atoms with Crippen LogP contribution in [-0.2, 0) is 16.8 Å². The molecule has 142 valence electrons. The molecule has 1 N–H and O–H groups in total. The maximum atomic E-state index is 13.0. The smallest absolute Gasteiger partial charge is 0.325 e. The van der Waals surface area contributed by atoms with Crippen LogP contribution in [0.4, 0.5) is 4.79 Å². The van der Waals surface area contributed by atoms with Crippen molar-refractivity contribution in [3.8, 4) is 11.5 Å². The zero-order chi connectivity index (χ0) is 19.4. The van der Waals surface area contributed by atoms with Gasteiger partial charge in [0.15, 0.2) is 11.5 Å². The predicted molar refractivity (Wildman–Crippen MR) is 102 cm³/mol. The summed E-state index contributed by atoms with van der Waals surface area (Å²) in [6.07, 6.45) is 1.52. The summed E-state index contributed by atoms with van der Waals surface area (Å²) in [5.74, 6) is 0.829. The SMILES string of the molecule is COc1ccc([C@]2(C)NC(=O)N(CCCc3ccccc3)C2=O)cc1OC. The van der Waals surface area contributed by atoms with Gasteiger partial charge in [-0.2, -0.15) is 0 Å². The first-order valence-corrected chi connectivity index (χ1v) is 8.90. The van der Waals surface area contributed by atoms with Gasteiger partial charge in [-0.05, 0) is 43.0 Å². The van der Waals surface area contributed by atoms with Crippen molar-refractivity contribution in [1.82, 2.24) is 10.2 Å². The number of amides is 3. The minimum Gasteiger partial charge on any atom is -0.493 e. The fourth-order valence-electron chi connectivity index (χ4n) is 3.33. The number of rotatable bonds is 7. The van der Waals surface area contributed by atoms with Crippen LogP contribution >= 0.6 is 0 Å².